The monoisotopic (exact) mass is 132 g/mol. The second-order valence-corrected chi connectivity index (χ2v) is 1.69. The summed E-state index contributed by atoms with van der Waals surface area (Å²) in [5, 5.41) is 0. The van der Waals surface area contributed by atoms with E-state index in [0.29, 0.717) is 6.61 Å². The molecule has 0 aliphatic rings. The lowest BCUT2D eigenvalue weighted by atomic mass is 10.4. The van der Waals surface area contributed by atoms with Crippen molar-refractivity contribution in [2.75, 3.05) is 6.61 Å². The number of carbonyl (C=O) groups is 1. The van der Waals surface area contributed by atoms with Crippen LogP contribution in [0.4, 0.5) is 0 Å². The van der Waals surface area contributed by atoms with E-state index >= 15 is 0 Å². The summed E-state index contributed by atoms with van der Waals surface area (Å²) in [5.41, 5.74) is 7.35. The third-order valence-corrected chi connectivity index (χ3v) is 0.731. The largest absolute Gasteiger partial charge is 0.320 e. The molecular formula is C5H12N2O2. The SMILES string of the molecule is CCONC(=O)C(C)N. The Bertz CT molecular complexity index is 93.0. The molecule has 4 heteroatoms. The summed E-state index contributed by atoms with van der Waals surface area (Å²) in [6.45, 7) is 3.83. The molecule has 54 valence electrons. The lowest BCUT2D eigenvalue weighted by Gasteiger charge is -2.04. The van der Waals surface area contributed by atoms with E-state index in [1.165, 1.54) is 0 Å². The highest BCUT2D eigenvalue weighted by Crippen LogP contribution is 1.73. The fourth-order valence-electron chi connectivity index (χ4n) is 0.236. The van der Waals surface area contributed by atoms with Crippen LogP contribution in [-0.2, 0) is 9.63 Å². The first-order valence-corrected chi connectivity index (χ1v) is 2.85. The van der Waals surface area contributed by atoms with Crippen molar-refractivity contribution >= 4 is 5.91 Å². The lowest BCUT2D eigenvalue weighted by molar-refractivity contribution is -0.134. The fraction of sp³-hybridized carbons (Fsp3) is 0.800. The molecule has 0 bridgehead atoms. The maximum atomic E-state index is 10.5. The Balaban J connectivity index is 3.28. The van der Waals surface area contributed by atoms with E-state index in [1.807, 2.05) is 0 Å². The Morgan fingerprint density at radius 2 is 2.44 bits per heavy atom. The van der Waals surface area contributed by atoms with Gasteiger partial charge in [0.25, 0.3) is 5.91 Å². The van der Waals surface area contributed by atoms with Crippen LogP contribution < -0.4 is 11.2 Å². The van der Waals surface area contributed by atoms with Crippen LogP contribution in [0.2, 0.25) is 0 Å². The van der Waals surface area contributed by atoms with E-state index in [0.717, 1.165) is 0 Å². The van der Waals surface area contributed by atoms with Gasteiger partial charge in [0.05, 0.1) is 12.6 Å². The Morgan fingerprint density at radius 3 is 2.78 bits per heavy atom. The summed E-state index contributed by atoms with van der Waals surface area (Å²) >= 11 is 0. The highest BCUT2D eigenvalue weighted by molar-refractivity contribution is 5.79. The summed E-state index contributed by atoms with van der Waals surface area (Å²) < 4.78 is 0. The predicted octanol–water partition coefficient (Wildman–Crippen LogP) is -0.599. The van der Waals surface area contributed by atoms with Gasteiger partial charge in [-0.05, 0) is 13.8 Å². The van der Waals surface area contributed by atoms with Crippen molar-refractivity contribution in [1.29, 1.82) is 0 Å². The summed E-state index contributed by atoms with van der Waals surface area (Å²) in [5.74, 6) is -0.295. The van der Waals surface area contributed by atoms with Crippen LogP contribution in [0, 0.1) is 0 Å². The molecule has 0 saturated heterocycles. The average Bonchev–Trinajstić information content (AvgIpc) is 1.82. The molecule has 1 amide bonds. The van der Waals surface area contributed by atoms with Gasteiger partial charge in [-0.1, -0.05) is 0 Å². The quantitative estimate of drug-likeness (QED) is 0.504. The van der Waals surface area contributed by atoms with Gasteiger partial charge in [-0.15, -0.1) is 0 Å². The Morgan fingerprint density at radius 1 is 1.89 bits per heavy atom. The van der Waals surface area contributed by atoms with E-state index in [1.54, 1.807) is 13.8 Å². The molecule has 0 aliphatic carbocycles. The summed E-state index contributed by atoms with van der Waals surface area (Å²) in [4.78, 5) is 15.1. The molecule has 9 heavy (non-hydrogen) atoms. The van der Waals surface area contributed by atoms with Crippen LogP contribution in [0.1, 0.15) is 13.8 Å². The van der Waals surface area contributed by atoms with Crippen molar-refractivity contribution in [3.05, 3.63) is 0 Å². The molecular weight excluding hydrogens is 120 g/mol. The number of hydrogen-bond acceptors (Lipinski definition) is 3. The van der Waals surface area contributed by atoms with E-state index < -0.39 is 6.04 Å². The number of hydroxylamine groups is 1. The average molecular weight is 132 g/mol. The van der Waals surface area contributed by atoms with Gasteiger partial charge < -0.3 is 5.73 Å². The number of amides is 1. The molecule has 0 fully saturated rings. The zero-order valence-electron chi connectivity index (χ0n) is 5.68. The maximum absolute atomic E-state index is 10.5. The van der Waals surface area contributed by atoms with Crippen molar-refractivity contribution < 1.29 is 9.63 Å². The van der Waals surface area contributed by atoms with Gasteiger partial charge >= 0.3 is 0 Å². The minimum Gasteiger partial charge on any atom is -0.320 e. The topological polar surface area (TPSA) is 64.3 Å². The van der Waals surface area contributed by atoms with Crippen LogP contribution in [0.3, 0.4) is 0 Å². The van der Waals surface area contributed by atoms with Gasteiger partial charge in [0, 0.05) is 0 Å². The van der Waals surface area contributed by atoms with Gasteiger partial charge in [-0.3, -0.25) is 9.63 Å². The molecule has 1 unspecified atom stereocenters. The van der Waals surface area contributed by atoms with Gasteiger partial charge in [0.2, 0.25) is 0 Å². The molecule has 0 aromatic heterocycles. The van der Waals surface area contributed by atoms with E-state index in [2.05, 4.69) is 10.3 Å². The predicted molar refractivity (Wildman–Crippen MR) is 33.4 cm³/mol. The number of nitrogens with two attached hydrogens (primary N) is 1. The second-order valence-electron chi connectivity index (χ2n) is 1.69. The Labute approximate surface area is 54.3 Å². The molecule has 0 aromatic carbocycles. The number of rotatable bonds is 3. The Hall–Kier alpha value is -0.610. The fourth-order valence-corrected chi connectivity index (χ4v) is 0.236. The summed E-state index contributed by atoms with van der Waals surface area (Å²) in [6, 6.07) is -0.503. The molecule has 0 aromatic rings. The zero-order valence-corrected chi connectivity index (χ0v) is 5.68. The van der Waals surface area contributed by atoms with Crippen LogP contribution in [0.5, 0.6) is 0 Å². The molecule has 0 radical (unpaired) electrons. The maximum Gasteiger partial charge on any atom is 0.260 e. The van der Waals surface area contributed by atoms with Crippen molar-refractivity contribution in [3.8, 4) is 0 Å². The molecule has 0 saturated carbocycles. The summed E-state index contributed by atoms with van der Waals surface area (Å²) in [6.07, 6.45) is 0. The third-order valence-electron chi connectivity index (χ3n) is 0.731. The zero-order chi connectivity index (χ0) is 7.28. The van der Waals surface area contributed by atoms with Crippen molar-refractivity contribution in [1.82, 2.24) is 5.48 Å². The highest BCUT2D eigenvalue weighted by atomic mass is 16.6. The Kier molecular flexibility index (Phi) is 4.00. The van der Waals surface area contributed by atoms with Gasteiger partial charge in [-0.2, -0.15) is 0 Å². The van der Waals surface area contributed by atoms with Crippen LogP contribution >= 0.6 is 0 Å². The molecule has 4 nitrogen and oxygen atoms in total. The number of hydrogen-bond donors (Lipinski definition) is 2. The molecule has 0 heterocycles. The second kappa shape index (κ2) is 4.29. The first-order valence-electron chi connectivity index (χ1n) is 2.85. The van der Waals surface area contributed by atoms with E-state index in [9.17, 15) is 4.79 Å². The van der Waals surface area contributed by atoms with Crippen LogP contribution in [0.25, 0.3) is 0 Å². The first kappa shape index (κ1) is 8.39. The number of nitrogens with one attached hydrogen (secondary N) is 1. The van der Waals surface area contributed by atoms with Gasteiger partial charge in [0.15, 0.2) is 0 Å². The standard InChI is InChI=1S/C5H12N2O2/c1-3-9-7-5(8)4(2)6/h4H,3,6H2,1-2H3,(H,7,8). The molecule has 1 atom stereocenters. The normalized spacial score (nSPS) is 12.8. The van der Waals surface area contributed by atoms with E-state index in [-0.39, 0.29) is 5.91 Å². The molecule has 0 aliphatic heterocycles. The highest BCUT2D eigenvalue weighted by Gasteiger charge is 2.04. The first-order chi connectivity index (χ1) is 4.18. The smallest absolute Gasteiger partial charge is 0.260 e. The minimum atomic E-state index is -0.503. The molecule has 0 rings (SSSR count). The molecule has 0 spiro atoms. The van der Waals surface area contributed by atoms with Gasteiger partial charge in [-0.25, -0.2) is 5.48 Å². The lowest BCUT2D eigenvalue weighted by Crippen LogP contribution is -2.38. The van der Waals surface area contributed by atoms with Crippen molar-refractivity contribution in [3.63, 3.8) is 0 Å². The third kappa shape index (κ3) is 3.93. The van der Waals surface area contributed by atoms with E-state index in [4.69, 9.17) is 5.73 Å². The number of carbonyl (C=O) groups excluding carboxylic acids is 1. The van der Waals surface area contributed by atoms with Crippen molar-refractivity contribution in [2.24, 2.45) is 5.73 Å². The van der Waals surface area contributed by atoms with Crippen LogP contribution in [-0.4, -0.2) is 18.6 Å². The summed E-state index contributed by atoms with van der Waals surface area (Å²) in [7, 11) is 0. The molecule has 3 N–H and O–H groups in total. The van der Waals surface area contributed by atoms with Gasteiger partial charge in [0.1, 0.15) is 0 Å². The van der Waals surface area contributed by atoms with Crippen molar-refractivity contribution in [2.45, 2.75) is 19.9 Å². The minimum absolute atomic E-state index is 0.295. The van der Waals surface area contributed by atoms with Crippen LogP contribution in [0.15, 0.2) is 0 Å².